The van der Waals surface area contributed by atoms with Crippen molar-refractivity contribution in [2.24, 2.45) is 5.92 Å². The van der Waals surface area contributed by atoms with Crippen LogP contribution in [0.5, 0.6) is 0 Å². The molecular formula is C33H26Cl2F3N3O4S2. The van der Waals surface area contributed by atoms with Gasteiger partial charge in [0.25, 0.3) is 0 Å². The molecule has 14 heteroatoms. The minimum atomic E-state index is -4.68. The largest absolute Gasteiger partial charge is 0.416 e. The van der Waals surface area contributed by atoms with Crippen molar-refractivity contribution in [1.82, 2.24) is 4.57 Å². The summed E-state index contributed by atoms with van der Waals surface area (Å²) in [6.45, 7) is 5.75. The first-order chi connectivity index (χ1) is 22.0. The van der Waals surface area contributed by atoms with Gasteiger partial charge in [-0.1, -0.05) is 97.4 Å². The molecule has 1 N–H and O–H groups in total. The van der Waals surface area contributed by atoms with Crippen LogP contribution in [-0.4, -0.2) is 27.5 Å². The monoisotopic (exact) mass is 719 g/mol. The summed E-state index contributed by atoms with van der Waals surface area (Å²) in [5, 5.41) is 2.50. The first-order valence-corrected chi connectivity index (χ1v) is 16.8. The summed E-state index contributed by atoms with van der Waals surface area (Å²) in [6.07, 6.45) is -4.68. The minimum absolute atomic E-state index is 0.177. The number of carbonyl (C=O) groups is 3. The van der Waals surface area contributed by atoms with Gasteiger partial charge in [0.1, 0.15) is 11.8 Å². The molecule has 2 unspecified atom stereocenters. The minimum Gasteiger partial charge on any atom is -0.324 e. The number of nitrogens with zero attached hydrogens (tertiary/aromatic N) is 2. The molecule has 0 aliphatic carbocycles. The molecule has 1 saturated heterocycles. The highest BCUT2D eigenvalue weighted by Gasteiger charge is 2.57. The van der Waals surface area contributed by atoms with E-state index in [-0.39, 0.29) is 16.1 Å². The van der Waals surface area contributed by atoms with Crippen LogP contribution in [0.25, 0.3) is 0 Å². The number of imide groups is 1. The van der Waals surface area contributed by atoms with Gasteiger partial charge in [-0.3, -0.25) is 23.7 Å². The van der Waals surface area contributed by atoms with Crippen molar-refractivity contribution in [2.75, 3.05) is 10.2 Å². The molecule has 0 spiro atoms. The Bertz CT molecular complexity index is 1990. The summed E-state index contributed by atoms with van der Waals surface area (Å²) < 4.78 is 42.0. The molecular weight excluding hydrogens is 694 g/mol. The molecule has 6 rings (SSSR count). The Morgan fingerprint density at radius 1 is 0.894 bits per heavy atom. The summed E-state index contributed by atoms with van der Waals surface area (Å²) in [4.78, 5) is 55.4. The summed E-state index contributed by atoms with van der Waals surface area (Å²) in [7, 11) is 0. The molecule has 2 aliphatic rings. The smallest absolute Gasteiger partial charge is 0.324 e. The van der Waals surface area contributed by atoms with Gasteiger partial charge in [-0.25, -0.2) is 4.90 Å². The number of carbonyl (C=O) groups excluding carboxylic acids is 3. The Morgan fingerprint density at radius 2 is 1.60 bits per heavy atom. The number of benzene rings is 3. The predicted molar refractivity (Wildman–Crippen MR) is 178 cm³/mol. The number of thiazole rings is 1. The maximum absolute atomic E-state index is 14.1. The number of rotatable bonds is 5. The number of halogens is 5. The predicted octanol–water partition coefficient (Wildman–Crippen LogP) is 7.97. The fourth-order valence-electron chi connectivity index (χ4n) is 5.80. The van der Waals surface area contributed by atoms with Crippen molar-refractivity contribution in [3.8, 4) is 0 Å². The second kappa shape index (κ2) is 12.1. The van der Waals surface area contributed by atoms with Gasteiger partial charge in [0, 0.05) is 16.5 Å². The quantitative estimate of drug-likeness (QED) is 0.212. The van der Waals surface area contributed by atoms with E-state index in [9.17, 15) is 32.3 Å². The molecule has 1 fully saturated rings. The zero-order chi connectivity index (χ0) is 34.0. The van der Waals surface area contributed by atoms with E-state index in [1.54, 1.807) is 6.07 Å². The third kappa shape index (κ3) is 6.24. The Balaban J connectivity index is 1.42. The molecule has 7 nitrogen and oxygen atoms in total. The second-order valence-corrected chi connectivity index (χ2v) is 15.2. The van der Waals surface area contributed by atoms with Gasteiger partial charge in [-0.2, -0.15) is 13.2 Å². The SMILES string of the molecule is CC(C)(C)c1ccc([C@H]2c3sc(=O)n(CC(=O)Nc4ccc(Cl)c(Cl)c4)c3SC3C(=O)N(c4cccc(C(F)(F)F)c4)C(=O)C32)cc1. The highest BCUT2D eigenvalue weighted by molar-refractivity contribution is 8.00. The van der Waals surface area contributed by atoms with Crippen LogP contribution in [0.1, 0.15) is 48.3 Å². The molecule has 0 bridgehead atoms. The van der Waals surface area contributed by atoms with Gasteiger partial charge in [0.05, 0.1) is 32.2 Å². The van der Waals surface area contributed by atoms with Crippen molar-refractivity contribution >= 4 is 75.4 Å². The number of hydrogen-bond acceptors (Lipinski definition) is 6. The molecule has 2 aliphatic heterocycles. The number of fused-ring (bicyclic) bond motifs is 2. The van der Waals surface area contributed by atoms with Crippen LogP contribution in [-0.2, 0) is 32.5 Å². The first kappa shape index (κ1) is 33.3. The van der Waals surface area contributed by atoms with Crippen LogP contribution in [0.15, 0.2) is 76.6 Å². The molecule has 47 heavy (non-hydrogen) atoms. The normalized spacial score (nSPS) is 19.5. The van der Waals surface area contributed by atoms with E-state index in [1.165, 1.54) is 22.8 Å². The Hall–Kier alpha value is -3.58. The van der Waals surface area contributed by atoms with Crippen molar-refractivity contribution in [2.45, 2.75) is 55.1 Å². The molecule has 3 heterocycles. The molecule has 3 amide bonds. The number of anilines is 2. The van der Waals surface area contributed by atoms with Crippen LogP contribution in [0.2, 0.25) is 10.0 Å². The van der Waals surface area contributed by atoms with Crippen LogP contribution in [0.4, 0.5) is 24.5 Å². The highest BCUT2D eigenvalue weighted by atomic mass is 35.5. The standard InChI is InChI=1S/C33H26Cl2F3N3O4S2/c1-32(2,3)17-9-7-16(8-10-17)24-25-26(29(44)41(28(25)43)20-6-4-5-18(13-20)33(36,37)38)46-30-27(24)47-31(45)40(30)15-23(42)39-19-11-12-21(34)22(35)14-19/h4-14,24-26H,15H2,1-3H3,(H,39,42)/t24-,25?,26?/m1/s1. The number of hydrogen-bond donors (Lipinski definition) is 1. The Morgan fingerprint density at radius 3 is 2.23 bits per heavy atom. The number of amides is 3. The summed E-state index contributed by atoms with van der Waals surface area (Å²) in [6, 6.07) is 16.2. The molecule has 0 radical (unpaired) electrons. The third-order valence-corrected chi connectivity index (χ3v) is 11.5. The molecule has 244 valence electrons. The van der Waals surface area contributed by atoms with E-state index < -0.39 is 58.0 Å². The Kier molecular flexibility index (Phi) is 8.61. The fourth-order valence-corrected chi connectivity index (χ4v) is 8.87. The number of alkyl halides is 3. The molecule has 1 aromatic heterocycles. The van der Waals surface area contributed by atoms with E-state index >= 15 is 0 Å². The van der Waals surface area contributed by atoms with Crippen LogP contribution in [0.3, 0.4) is 0 Å². The summed E-state index contributed by atoms with van der Waals surface area (Å²) in [5.74, 6) is -3.68. The second-order valence-electron chi connectivity index (χ2n) is 12.3. The van der Waals surface area contributed by atoms with Crippen molar-refractivity contribution in [3.05, 3.63) is 108 Å². The van der Waals surface area contributed by atoms with Crippen molar-refractivity contribution in [3.63, 3.8) is 0 Å². The molecule has 4 aromatic rings. The molecule has 0 saturated carbocycles. The van der Waals surface area contributed by atoms with Crippen molar-refractivity contribution in [1.29, 1.82) is 0 Å². The third-order valence-electron chi connectivity index (χ3n) is 8.12. The fraction of sp³-hybridized carbons (Fsp3) is 0.273. The van der Waals surface area contributed by atoms with E-state index in [0.29, 0.717) is 26.2 Å². The van der Waals surface area contributed by atoms with Gasteiger partial charge in [-0.05, 0) is 52.9 Å². The molecule has 3 aromatic carbocycles. The van der Waals surface area contributed by atoms with Gasteiger partial charge in [0.2, 0.25) is 17.7 Å². The van der Waals surface area contributed by atoms with E-state index in [0.717, 1.165) is 51.8 Å². The van der Waals surface area contributed by atoms with E-state index in [2.05, 4.69) is 26.1 Å². The summed E-state index contributed by atoms with van der Waals surface area (Å²) >= 11 is 13.9. The van der Waals surface area contributed by atoms with E-state index in [4.69, 9.17) is 23.2 Å². The van der Waals surface area contributed by atoms with Crippen LogP contribution < -0.4 is 15.1 Å². The zero-order valence-electron chi connectivity index (χ0n) is 25.0. The van der Waals surface area contributed by atoms with Crippen LogP contribution in [0, 0.1) is 5.92 Å². The lowest BCUT2D eigenvalue weighted by atomic mass is 9.81. The topological polar surface area (TPSA) is 88.5 Å². The van der Waals surface area contributed by atoms with Crippen molar-refractivity contribution < 1.29 is 27.6 Å². The van der Waals surface area contributed by atoms with Gasteiger partial charge in [-0.15, -0.1) is 0 Å². The number of thioether (sulfide) groups is 1. The van der Waals surface area contributed by atoms with Gasteiger partial charge < -0.3 is 5.32 Å². The average Bonchev–Trinajstić information content (AvgIpc) is 3.44. The lowest BCUT2D eigenvalue weighted by molar-refractivity contribution is -0.137. The number of nitrogens with one attached hydrogen (secondary N) is 1. The van der Waals surface area contributed by atoms with E-state index in [1.807, 2.05) is 24.3 Å². The lowest BCUT2D eigenvalue weighted by Crippen LogP contribution is -2.33. The van der Waals surface area contributed by atoms with Gasteiger partial charge >= 0.3 is 11.0 Å². The van der Waals surface area contributed by atoms with Gasteiger partial charge in [0.15, 0.2) is 0 Å². The maximum Gasteiger partial charge on any atom is 0.416 e. The highest BCUT2D eigenvalue weighted by Crippen LogP contribution is 2.54. The zero-order valence-corrected chi connectivity index (χ0v) is 28.2. The van der Waals surface area contributed by atoms with Crippen LogP contribution >= 0.6 is 46.3 Å². The lowest BCUT2D eigenvalue weighted by Gasteiger charge is -2.31. The summed E-state index contributed by atoms with van der Waals surface area (Å²) in [5.41, 5.74) is 0.688. The number of aromatic nitrogens is 1. The Labute approximate surface area is 285 Å². The maximum atomic E-state index is 14.1. The first-order valence-electron chi connectivity index (χ1n) is 14.3. The molecule has 3 atom stereocenters. The average molecular weight is 721 g/mol.